The lowest BCUT2D eigenvalue weighted by Crippen LogP contribution is -2.22. The van der Waals surface area contributed by atoms with Crippen LogP contribution in [0.4, 0.5) is 0 Å². The first-order valence-electron chi connectivity index (χ1n) is 7.46. The molecule has 0 unspecified atom stereocenters. The Morgan fingerprint density at radius 1 is 1.22 bits per heavy atom. The highest BCUT2D eigenvalue weighted by Gasteiger charge is 2.17. The van der Waals surface area contributed by atoms with Crippen molar-refractivity contribution in [3.05, 3.63) is 29.3 Å². The van der Waals surface area contributed by atoms with Crippen molar-refractivity contribution in [2.24, 2.45) is 0 Å². The monoisotopic (exact) mass is 336 g/mol. The van der Waals surface area contributed by atoms with Crippen LogP contribution in [0.15, 0.2) is 23.1 Å². The molecule has 5 heteroatoms. The molecule has 0 spiro atoms. The second kappa shape index (κ2) is 7.68. The number of hydrogen-bond donors (Lipinski definition) is 1. The lowest BCUT2D eigenvalue weighted by molar-refractivity contribution is -0.148. The lowest BCUT2D eigenvalue weighted by Gasteiger charge is -2.18. The number of hydrogen-bond acceptors (Lipinski definition) is 5. The third kappa shape index (κ3) is 6.48. The van der Waals surface area contributed by atoms with Gasteiger partial charge in [-0.15, -0.1) is 12.6 Å². The quantitative estimate of drug-likeness (QED) is 0.384. The summed E-state index contributed by atoms with van der Waals surface area (Å²) in [5.74, 6) is -0.275. The van der Waals surface area contributed by atoms with Crippen LogP contribution >= 0.6 is 12.6 Å². The molecule has 0 fully saturated rings. The summed E-state index contributed by atoms with van der Waals surface area (Å²) in [6.07, 6.45) is 2.91. The molecule has 0 saturated heterocycles. The molecule has 0 radical (unpaired) electrons. The summed E-state index contributed by atoms with van der Waals surface area (Å²) in [6, 6.07) is 3.60. The fourth-order valence-electron chi connectivity index (χ4n) is 1.97. The minimum Gasteiger partial charge on any atom is -0.457 e. The second-order valence-electron chi connectivity index (χ2n) is 6.57. The molecule has 0 aliphatic heterocycles. The maximum Gasteiger partial charge on any atom is 0.331 e. The number of carbonyl (C=O) groups excluding carboxylic acids is 2. The van der Waals surface area contributed by atoms with Gasteiger partial charge in [-0.25, -0.2) is 4.79 Å². The molecule has 0 N–H and O–H groups in total. The van der Waals surface area contributed by atoms with Gasteiger partial charge in [-0.3, -0.25) is 4.79 Å². The normalized spacial score (nSPS) is 11.8. The van der Waals surface area contributed by atoms with Gasteiger partial charge >= 0.3 is 11.9 Å². The average Bonchev–Trinajstić information content (AvgIpc) is 2.35. The van der Waals surface area contributed by atoms with Crippen LogP contribution in [-0.2, 0) is 14.3 Å². The van der Waals surface area contributed by atoms with Crippen molar-refractivity contribution in [2.75, 3.05) is 0 Å². The van der Waals surface area contributed by atoms with Crippen molar-refractivity contribution in [3.63, 3.8) is 0 Å². The molecule has 0 aliphatic carbocycles. The zero-order valence-electron chi connectivity index (χ0n) is 14.5. The average molecular weight is 336 g/mol. The molecule has 0 bridgehead atoms. The fourth-order valence-corrected chi connectivity index (χ4v) is 2.24. The van der Waals surface area contributed by atoms with Crippen molar-refractivity contribution in [1.82, 2.24) is 0 Å². The summed E-state index contributed by atoms with van der Waals surface area (Å²) in [5.41, 5.74) is 0.910. The van der Waals surface area contributed by atoms with E-state index in [9.17, 15) is 9.59 Å². The van der Waals surface area contributed by atoms with Gasteiger partial charge in [0.15, 0.2) is 0 Å². The number of rotatable bonds is 4. The molecule has 0 aliphatic rings. The molecule has 1 aromatic carbocycles. The molecule has 0 aromatic heterocycles. The Bertz CT molecular complexity index is 625. The van der Waals surface area contributed by atoms with E-state index in [4.69, 9.17) is 9.47 Å². The molecule has 1 aromatic rings. The highest BCUT2D eigenvalue weighted by Crippen LogP contribution is 2.34. The van der Waals surface area contributed by atoms with E-state index >= 15 is 0 Å². The Balaban J connectivity index is 3.23. The van der Waals surface area contributed by atoms with Gasteiger partial charge in [-0.05, 0) is 50.5 Å². The predicted molar refractivity (Wildman–Crippen MR) is 94.0 cm³/mol. The second-order valence-corrected chi connectivity index (χ2v) is 7.08. The maximum atomic E-state index is 11.8. The van der Waals surface area contributed by atoms with Crippen LogP contribution in [0, 0.1) is 0 Å². The zero-order valence-corrected chi connectivity index (χ0v) is 15.4. The standard InChI is InChI=1S/C18H24O4S/c1-11(2)15-10-14(23)9-13(17(15)21-12(3)19)7-8-16(20)22-18(4,5)6/h7-11,23H,1-6H3/b8-7+. The molecule has 126 valence electrons. The molecule has 0 saturated carbocycles. The Labute approximate surface area is 143 Å². The Morgan fingerprint density at radius 3 is 2.30 bits per heavy atom. The highest BCUT2D eigenvalue weighted by atomic mass is 32.1. The summed E-state index contributed by atoms with van der Waals surface area (Å²) in [7, 11) is 0. The third-order valence-corrected chi connectivity index (χ3v) is 3.06. The Kier molecular flexibility index (Phi) is 6.45. The van der Waals surface area contributed by atoms with Crippen molar-refractivity contribution >= 4 is 30.6 Å². The van der Waals surface area contributed by atoms with E-state index in [1.807, 2.05) is 19.9 Å². The minimum atomic E-state index is -0.561. The number of thiol groups is 1. The molecule has 23 heavy (non-hydrogen) atoms. The Morgan fingerprint density at radius 2 is 1.83 bits per heavy atom. The van der Waals surface area contributed by atoms with Crippen molar-refractivity contribution < 1.29 is 19.1 Å². The van der Waals surface area contributed by atoms with E-state index in [0.29, 0.717) is 11.3 Å². The molecule has 0 amide bonds. The maximum absolute atomic E-state index is 11.8. The van der Waals surface area contributed by atoms with E-state index in [1.54, 1.807) is 32.9 Å². The van der Waals surface area contributed by atoms with E-state index in [1.165, 1.54) is 13.0 Å². The molecular weight excluding hydrogens is 312 g/mol. The van der Waals surface area contributed by atoms with Crippen LogP contribution in [0.1, 0.15) is 58.6 Å². The van der Waals surface area contributed by atoms with Crippen LogP contribution in [-0.4, -0.2) is 17.5 Å². The van der Waals surface area contributed by atoms with Gasteiger partial charge in [0, 0.05) is 23.5 Å². The first kappa shape index (κ1) is 19.3. The molecule has 4 nitrogen and oxygen atoms in total. The predicted octanol–water partition coefficient (Wildman–Crippen LogP) is 4.38. The lowest BCUT2D eigenvalue weighted by atomic mass is 9.98. The molecular formula is C18H24O4S. The largest absolute Gasteiger partial charge is 0.457 e. The first-order chi connectivity index (χ1) is 10.5. The number of carbonyl (C=O) groups is 2. The van der Waals surface area contributed by atoms with Gasteiger partial charge in [-0.2, -0.15) is 0 Å². The minimum absolute atomic E-state index is 0.144. The summed E-state index contributed by atoms with van der Waals surface area (Å²) >= 11 is 4.38. The van der Waals surface area contributed by atoms with Gasteiger partial charge in [0.1, 0.15) is 11.4 Å². The van der Waals surface area contributed by atoms with Gasteiger partial charge in [0.2, 0.25) is 0 Å². The molecule has 0 atom stereocenters. The van der Waals surface area contributed by atoms with Gasteiger partial charge in [0.05, 0.1) is 0 Å². The summed E-state index contributed by atoms with van der Waals surface area (Å²) in [6.45, 7) is 10.7. The zero-order chi connectivity index (χ0) is 17.8. The first-order valence-corrected chi connectivity index (χ1v) is 7.90. The van der Waals surface area contributed by atoms with Crippen molar-refractivity contribution in [2.45, 2.75) is 58.0 Å². The van der Waals surface area contributed by atoms with E-state index in [-0.39, 0.29) is 5.92 Å². The van der Waals surface area contributed by atoms with Crippen LogP contribution in [0.2, 0.25) is 0 Å². The van der Waals surface area contributed by atoms with E-state index < -0.39 is 17.5 Å². The number of benzene rings is 1. The fraction of sp³-hybridized carbons (Fsp3) is 0.444. The van der Waals surface area contributed by atoms with Gasteiger partial charge < -0.3 is 9.47 Å². The van der Waals surface area contributed by atoms with E-state index in [0.717, 1.165) is 10.5 Å². The topological polar surface area (TPSA) is 52.6 Å². The van der Waals surface area contributed by atoms with Gasteiger partial charge in [0.25, 0.3) is 0 Å². The highest BCUT2D eigenvalue weighted by molar-refractivity contribution is 7.80. The SMILES string of the molecule is CC(=O)Oc1c(/C=C/C(=O)OC(C)(C)C)cc(S)cc1C(C)C. The van der Waals surface area contributed by atoms with Crippen molar-refractivity contribution in [3.8, 4) is 5.75 Å². The molecule has 0 heterocycles. The van der Waals surface area contributed by atoms with Crippen molar-refractivity contribution in [1.29, 1.82) is 0 Å². The Hall–Kier alpha value is -1.75. The summed E-state index contributed by atoms with van der Waals surface area (Å²) in [4.78, 5) is 24.0. The number of ether oxygens (including phenoxy) is 2. The smallest absolute Gasteiger partial charge is 0.331 e. The summed E-state index contributed by atoms with van der Waals surface area (Å²) in [5, 5.41) is 0. The van der Waals surface area contributed by atoms with Crippen LogP contribution in [0.3, 0.4) is 0 Å². The van der Waals surface area contributed by atoms with Crippen LogP contribution in [0.5, 0.6) is 5.75 Å². The third-order valence-electron chi connectivity index (χ3n) is 2.80. The number of esters is 2. The van der Waals surface area contributed by atoms with Crippen LogP contribution in [0.25, 0.3) is 6.08 Å². The van der Waals surface area contributed by atoms with E-state index in [2.05, 4.69) is 12.6 Å². The van der Waals surface area contributed by atoms with Crippen LogP contribution < -0.4 is 4.74 Å². The summed E-state index contributed by atoms with van der Waals surface area (Å²) < 4.78 is 10.6. The molecule has 1 rings (SSSR count). The van der Waals surface area contributed by atoms with Gasteiger partial charge in [-0.1, -0.05) is 13.8 Å².